The normalized spacial score (nSPS) is 16.5. The Morgan fingerprint density at radius 1 is 1.04 bits per heavy atom. The summed E-state index contributed by atoms with van der Waals surface area (Å²) in [7, 11) is 0. The fourth-order valence-electron chi connectivity index (χ4n) is 3.20. The van der Waals surface area contributed by atoms with E-state index in [2.05, 4.69) is 6.08 Å². The van der Waals surface area contributed by atoms with Gasteiger partial charge in [-0.15, -0.1) is 0 Å². The molecule has 1 aliphatic rings. The van der Waals surface area contributed by atoms with Gasteiger partial charge in [-0.2, -0.15) is 0 Å². The molecule has 0 fully saturated rings. The largest absolute Gasteiger partial charge is 0.485 e. The van der Waals surface area contributed by atoms with Crippen LogP contribution in [0.15, 0.2) is 76.0 Å². The molecule has 0 aliphatic heterocycles. The van der Waals surface area contributed by atoms with Crippen molar-refractivity contribution < 1.29 is 13.9 Å². The lowest BCUT2D eigenvalue weighted by molar-refractivity contribution is 0.103. The van der Waals surface area contributed by atoms with Gasteiger partial charge < -0.3 is 9.15 Å². The first-order chi connectivity index (χ1) is 12.7. The number of ether oxygens (including phenoxy) is 1. The van der Waals surface area contributed by atoms with Gasteiger partial charge in [-0.25, -0.2) is 4.79 Å². The van der Waals surface area contributed by atoms with Crippen LogP contribution in [0.25, 0.3) is 11.0 Å². The van der Waals surface area contributed by atoms with Crippen molar-refractivity contribution in [3.63, 3.8) is 0 Å². The molecule has 0 N–H and O–H groups in total. The van der Waals surface area contributed by atoms with Crippen molar-refractivity contribution in [2.45, 2.75) is 25.4 Å². The number of hydrogen-bond donors (Lipinski definition) is 0. The van der Waals surface area contributed by atoms with E-state index in [1.807, 2.05) is 18.2 Å². The quantitative estimate of drug-likeness (QED) is 0.396. The zero-order valence-electron chi connectivity index (χ0n) is 14.2. The van der Waals surface area contributed by atoms with E-state index in [0.717, 1.165) is 19.3 Å². The molecule has 0 bridgehead atoms. The molecule has 1 aliphatic carbocycles. The number of allylic oxidation sites excluding steroid dienone is 1. The van der Waals surface area contributed by atoms with E-state index >= 15 is 0 Å². The summed E-state index contributed by atoms with van der Waals surface area (Å²) in [5.74, 6) is 0.220. The Labute approximate surface area is 150 Å². The van der Waals surface area contributed by atoms with Crippen LogP contribution in [-0.2, 0) is 0 Å². The molecular formula is C22H18O4. The summed E-state index contributed by atoms with van der Waals surface area (Å²) >= 11 is 0. The Kier molecular flexibility index (Phi) is 4.40. The number of carbonyl (C=O) groups excluding carboxylic acids is 1. The molecule has 1 atom stereocenters. The van der Waals surface area contributed by atoms with E-state index in [1.165, 1.54) is 6.07 Å². The highest BCUT2D eigenvalue weighted by Crippen LogP contribution is 2.31. The Hall–Kier alpha value is -3.14. The molecule has 4 heteroatoms. The minimum Gasteiger partial charge on any atom is -0.485 e. The maximum Gasteiger partial charge on any atom is 0.336 e. The molecule has 1 heterocycles. The van der Waals surface area contributed by atoms with Gasteiger partial charge in [-0.1, -0.05) is 36.4 Å². The van der Waals surface area contributed by atoms with Crippen LogP contribution < -0.4 is 10.4 Å². The smallest absolute Gasteiger partial charge is 0.336 e. The van der Waals surface area contributed by atoms with Crippen LogP contribution in [0.4, 0.5) is 0 Å². The predicted molar refractivity (Wildman–Crippen MR) is 99.8 cm³/mol. The minimum atomic E-state index is -0.491. The average molecular weight is 346 g/mol. The third-order valence-corrected chi connectivity index (χ3v) is 4.50. The number of fused-ring (bicyclic) bond motifs is 1. The SMILES string of the molecule is O=C(c1ccccc1)c1c(OC2C=CCCC2)ccc2ccc(=O)oc12. The number of benzene rings is 2. The van der Waals surface area contributed by atoms with Gasteiger partial charge in [-0.05, 0) is 43.5 Å². The molecule has 4 rings (SSSR count). The van der Waals surface area contributed by atoms with Crippen LogP contribution in [0, 0.1) is 0 Å². The highest BCUT2D eigenvalue weighted by atomic mass is 16.5. The van der Waals surface area contributed by atoms with Crippen LogP contribution >= 0.6 is 0 Å². The molecule has 130 valence electrons. The highest BCUT2D eigenvalue weighted by molar-refractivity contribution is 6.16. The number of carbonyl (C=O) groups is 1. The van der Waals surface area contributed by atoms with Crippen LogP contribution in [0.3, 0.4) is 0 Å². The molecule has 26 heavy (non-hydrogen) atoms. The van der Waals surface area contributed by atoms with E-state index in [4.69, 9.17) is 9.15 Å². The standard InChI is InChI=1S/C22H18O4/c23-19-14-12-16-11-13-18(25-17-9-5-2-6-10-17)20(22(16)26-19)21(24)15-7-3-1-4-8-15/h1,3-5,7-9,11-14,17H,2,6,10H2. The van der Waals surface area contributed by atoms with Gasteiger partial charge in [0.05, 0.1) is 0 Å². The second-order valence-electron chi connectivity index (χ2n) is 6.32. The predicted octanol–water partition coefficient (Wildman–Crippen LogP) is 4.51. The Morgan fingerprint density at radius 3 is 2.62 bits per heavy atom. The average Bonchev–Trinajstić information content (AvgIpc) is 2.69. The minimum absolute atomic E-state index is 0.0843. The second-order valence-corrected chi connectivity index (χ2v) is 6.32. The summed E-state index contributed by atoms with van der Waals surface area (Å²) < 4.78 is 11.5. The molecule has 4 nitrogen and oxygen atoms in total. The highest BCUT2D eigenvalue weighted by Gasteiger charge is 2.22. The van der Waals surface area contributed by atoms with Crippen molar-refractivity contribution >= 4 is 16.8 Å². The lowest BCUT2D eigenvalue weighted by Gasteiger charge is -2.20. The van der Waals surface area contributed by atoms with Crippen LogP contribution in [-0.4, -0.2) is 11.9 Å². The lowest BCUT2D eigenvalue weighted by atomic mass is 9.99. The number of ketones is 1. The van der Waals surface area contributed by atoms with Crippen LogP contribution in [0.2, 0.25) is 0 Å². The van der Waals surface area contributed by atoms with Gasteiger partial charge >= 0.3 is 5.63 Å². The van der Waals surface area contributed by atoms with E-state index in [9.17, 15) is 9.59 Å². The monoisotopic (exact) mass is 346 g/mol. The molecular weight excluding hydrogens is 328 g/mol. The molecule has 3 aromatic rings. The molecule has 2 aromatic carbocycles. The summed E-state index contributed by atoms with van der Waals surface area (Å²) in [5, 5.41) is 0.690. The summed E-state index contributed by atoms with van der Waals surface area (Å²) in [4.78, 5) is 24.9. The van der Waals surface area contributed by atoms with Crippen molar-refractivity contribution in [3.05, 3.63) is 88.3 Å². The zero-order valence-corrected chi connectivity index (χ0v) is 14.2. The first kappa shape index (κ1) is 16.3. The van der Waals surface area contributed by atoms with Gasteiger partial charge in [0.25, 0.3) is 0 Å². The summed E-state index contributed by atoms with van der Waals surface area (Å²) in [6, 6.07) is 15.5. The van der Waals surface area contributed by atoms with Crippen molar-refractivity contribution in [2.24, 2.45) is 0 Å². The lowest BCUT2D eigenvalue weighted by Crippen LogP contribution is -2.18. The third-order valence-electron chi connectivity index (χ3n) is 4.50. The Morgan fingerprint density at radius 2 is 1.85 bits per heavy atom. The van der Waals surface area contributed by atoms with Gasteiger partial charge in [-0.3, -0.25) is 4.79 Å². The van der Waals surface area contributed by atoms with Gasteiger partial charge in [0.2, 0.25) is 5.78 Å². The van der Waals surface area contributed by atoms with Crippen LogP contribution in [0.5, 0.6) is 5.75 Å². The van der Waals surface area contributed by atoms with E-state index in [-0.39, 0.29) is 17.5 Å². The first-order valence-corrected chi connectivity index (χ1v) is 8.72. The molecule has 1 unspecified atom stereocenters. The Bertz CT molecular complexity index is 1030. The number of hydrogen-bond acceptors (Lipinski definition) is 4. The maximum atomic E-state index is 13.2. The Balaban J connectivity index is 1.87. The van der Waals surface area contributed by atoms with E-state index in [0.29, 0.717) is 22.3 Å². The van der Waals surface area contributed by atoms with E-state index in [1.54, 1.807) is 36.4 Å². The van der Waals surface area contributed by atoms with Crippen molar-refractivity contribution in [3.8, 4) is 5.75 Å². The van der Waals surface area contributed by atoms with Crippen molar-refractivity contribution in [2.75, 3.05) is 0 Å². The second kappa shape index (κ2) is 7.00. The third kappa shape index (κ3) is 3.18. The number of rotatable bonds is 4. The molecule has 0 spiro atoms. The summed E-state index contributed by atoms with van der Waals surface area (Å²) in [6.45, 7) is 0. The van der Waals surface area contributed by atoms with Crippen molar-refractivity contribution in [1.29, 1.82) is 0 Å². The summed E-state index contributed by atoms with van der Waals surface area (Å²) in [6.07, 6.45) is 7.01. The van der Waals surface area contributed by atoms with Gasteiger partial charge in [0.15, 0.2) is 5.58 Å². The summed E-state index contributed by atoms with van der Waals surface area (Å²) in [5.41, 5.74) is 0.596. The van der Waals surface area contributed by atoms with Crippen LogP contribution in [0.1, 0.15) is 35.2 Å². The molecule has 0 amide bonds. The first-order valence-electron chi connectivity index (χ1n) is 8.72. The molecule has 1 aromatic heterocycles. The maximum absolute atomic E-state index is 13.2. The van der Waals surface area contributed by atoms with Crippen molar-refractivity contribution in [1.82, 2.24) is 0 Å². The van der Waals surface area contributed by atoms with Gasteiger partial charge in [0, 0.05) is 17.0 Å². The molecule has 0 saturated heterocycles. The topological polar surface area (TPSA) is 56.5 Å². The van der Waals surface area contributed by atoms with Gasteiger partial charge in [0.1, 0.15) is 17.4 Å². The molecule has 0 radical (unpaired) electrons. The zero-order chi connectivity index (χ0) is 17.9. The fourth-order valence-corrected chi connectivity index (χ4v) is 3.20. The fraction of sp³-hybridized carbons (Fsp3) is 0.182. The molecule has 0 saturated carbocycles. The van der Waals surface area contributed by atoms with E-state index < -0.39 is 5.63 Å².